The minimum absolute atomic E-state index is 0.0769. The van der Waals surface area contributed by atoms with Gasteiger partial charge in [-0.2, -0.15) is 4.99 Å². The van der Waals surface area contributed by atoms with Gasteiger partial charge < -0.3 is 9.64 Å². The lowest BCUT2D eigenvalue weighted by Crippen LogP contribution is -2.37. The number of aliphatic imine (C=N–C) groups is 1. The molecule has 164 valence electrons. The van der Waals surface area contributed by atoms with Gasteiger partial charge in [0, 0.05) is 16.9 Å². The molecule has 0 radical (unpaired) electrons. The van der Waals surface area contributed by atoms with Crippen molar-refractivity contribution in [3.8, 4) is 5.75 Å². The van der Waals surface area contributed by atoms with Crippen LogP contribution in [-0.4, -0.2) is 42.3 Å². The van der Waals surface area contributed by atoms with Crippen molar-refractivity contribution in [2.75, 3.05) is 16.4 Å². The zero-order valence-corrected chi connectivity index (χ0v) is 19.2. The van der Waals surface area contributed by atoms with E-state index in [0.29, 0.717) is 11.8 Å². The van der Waals surface area contributed by atoms with E-state index in [4.69, 9.17) is 4.74 Å². The summed E-state index contributed by atoms with van der Waals surface area (Å²) in [4.78, 5) is 18.8. The molecule has 2 heterocycles. The molecule has 2 aromatic rings. The fourth-order valence-corrected chi connectivity index (χ4v) is 7.61. The first-order chi connectivity index (χ1) is 14.9. The monoisotopic (exact) mass is 458 g/mol. The molecule has 31 heavy (non-hydrogen) atoms. The second-order valence-corrected chi connectivity index (χ2v) is 11.3. The summed E-state index contributed by atoms with van der Waals surface area (Å²) >= 11 is 1.40. The van der Waals surface area contributed by atoms with Crippen molar-refractivity contribution in [1.82, 2.24) is 0 Å². The Hall–Kier alpha value is -2.32. The smallest absolute Gasteiger partial charge is 0.250 e. The first-order valence-corrected chi connectivity index (χ1v) is 13.1. The van der Waals surface area contributed by atoms with E-state index in [9.17, 15) is 13.2 Å². The van der Waals surface area contributed by atoms with E-state index in [0.717, 1.165) is 23.4 Å². The largest absolute Gasteiger partial charge is 0.489 e. The Bertz CT molecular complexity index is 1070. The molecule has 2 saturated heterocycles. The van der Waals surface area contributed by atoms with E-state index < -0.39 is 9.84 Å². The molecule has 3 atom stereocenters. The quantitative estimate of drug-likeness (QED) is 0.653. The number of hydrogen-bond acceptors (Lipinski definition) is 5. The van der Waals surface area contributed by atoms with Crippen molar-refractivity contribution in [1.29, 1.82) is 0 Å². The Morgan fingerprint density at radius 3 is 2.55 bits per heavy atom. The number of anilines is 1. The van der Waals surface area contributed by atoms with Gasteiger partial charge in [0.1, 0.15) is 12.4 Å². The lowest BCUT2D eigenvalue weighted by molar-refractivity contribution is -0.121. The van der Waals surface area contributed by atoms with E-state index in [1.54, 1.807) is 0 Å². The van der Waals surface area contributed by atoms with E-state index in [1.165, 1.54) is 11.8 Å². The molecule has 0 aliphatic carbocycles. The fourth-order valence-electron chi connectivity index (χ4n) is 3.69. The number of thioether (sulfide) groups is 1. The number of ether oxygens (including phenoxy) is 1. The lowest BCUT2D eigenvalue weighted by atomic mass is 10.1. The number of benzene rings is 2. The highest BCUT2D eigenvalue weighted by molar-refractivity contribution is 8.16. The summed E-state index contributed by atoms with van der Waals surface area (Å²) in [6.45, 7) is 4.29. The number of carbonyl (C=O) groups is 1. The maximum atomic E-state index is 12.5. The average Bonchev–Trinajstić information content (AvgIpc) is 3.23. The van der Waals surface area contributed by atoms with E-state index in [-0.39, 0.29) is 34.6 Å². The Labute approximate surface area is 187 Å². The van der Waals surface area contributed by atoms with Gasteiger partial charge in [-0.1, -0.05) is 55.9 Å². The molecule has 0 saturated carbocycles. The molecule has 6 nitrogen and oxygen atoms in total. The standard InChI is InChI=1S/C23H26N2O4S2/c1-3-16(2)22(26)24-23-25(20-14-31(27,28)15-21(20)30-23)18-9-11-19(12-10-18)29-13-17-7-5-4-6-8-17/h4-12,16,20-21H,3,13-15H2,1-2H3/t16-,20+,21-/m0/s1. The van der Waals surface area contributed by atoms with Crippen LogP contribution in [0.4, 0.5) is 5.69 Å². The van der Waals surface area contributed by atoms with Crippen LogP contribution < -0.4 is 9.64 Å². The van der Waals surface area contributed by atoms with Crippen LogP contribution in [0.15, 0.2) is 59.6 Å². The van der Waals surface area contributed by atoms with E-state index >= 15 is 0 Å². The van der Waals surface area contributed by atoms with E-state index in [2.05, 4.69) is 4.99 Å². The minimum Gasteiger partial charge on any atom is -0.489 e. The Balaban J connectivity index is 1.56. The number of sulfone groups is 1. The van der Waals surface area contributed by atoms with Gasteiger partial charge in [0.2, 0.25) is 0 Å². The van der Waals surface area contributed by atoms with Crippen molar-refractivity contribution in [2.45, 2.75) is 38.2 Å². The maximum absolute atomic E-state index is 12.5. The summed E-state index contributed by atoms with van der Waals surface area (Å²) in [6, 6.07) is 17.3. The summed E-state index contributed by atoms with van der Waals surface area (Å²) in [6.07, 6.45) is 0.717. The molecule has 0 aromatic heterocycles. The van der Waals surface area contributed by atoms with Gasteiger partial charge >= 0.3 is 0 Å². The predicted molar refractivity (Wildman–Crippen MR) is 125 cm³/mol. The third-order valence-corrected chi connectivity index (χ3v) is 8.88. The Morgan fingerprint density at radius 1 is 1.16 bits per heavy atom. The first kappa shape index (κ1) is 21.9. The van der Waals surface area contributed by atoms with Gasteiger partial charge in [-0.05, 0) is 36.2 Å². The van der Waals surface area contributed by atoms with Gasteiger partial charge in [-0.3, -0.25) is 4.79 Å². The molecular formula is C23H26N2O4S2. The van der Waals surface area contributed by atoms with Crippen LogP contribution in [0.3, 0.4) is 0 Å². The SMILES string of the molecule is CC[C@H](C)C(=O)N=C1S[C@H]2CS(=O)(=O)C[C@H]2N1c1ccc(OCc2ccccc2)cc1. The van der Waals surface area contributed by atoms with Gasteiger partial charge in [0.25, 0.3) is 5.91 Å². The van der Waals surface area contributed by atoms with Crippen molar-refractivity contribution in [2.24, 2.45) is 10.9 Å². The van der Waals surface area contributed by atoms with Crippen LogP contribution in [0.5, 0.6) is 5.75 Å². The zero-order chi connectivity index (χ0) is 22.0. The molecule has 8 heteroatoms. The molecule has 1 amide bonds. The van der Waals surface area contributed by atoms with Crippen LogP contribution in [0, 0.1) is 5.92 Å². The number of amides is 1. The Morgan fingerprint density at radius 2 is 1.87 bits per heavy atom. The van der Waals surface area contributed by atoms with Crippen molar-refractivity contribution in [3.63, 3.8) is 0 Å². The minimum atomic E-state index is -3.09. The van der Waals surface area contributed by atoms with Gasteiger partial charge in [-0.25, -0.2) is 8.42 Å². The lowest BCUT2D eigenvalue weighted by Gasteiger charge is -2.25. The summed E-state index contributed by atoms with van der Waals surface area (Å²) in [7, 11) is -3.09. The van der Waals surface area contributed by atoms with Gasteiger partial charge in [-0.15, -0.1) is 0 Å². The number of carbonyl (C=O) groups excluding carboxylic acids is 1. The van der Waals surface area contributed by atoms with Crippen molar-refractivity contribution >= 4 is 38.4 Å². The topological polar surface area (TPSA) is 76.0 Å². The molecule has 2 aromatic carbocycles. The van der Waals surface area contributed by atoms with Crippen molar-refractivity contribution < 1.29 is 17.9 Å². The highest BCUT2D eigenvalue weighted by Gasteiger charge is 2.49. The second-order valence-electron chi connectivity index (χ2n) is 7.98. The van der Waals surface area contributed by atoms with Crippen LogP contribution in [0.1, 0.15) is 25.8 Å². The zero-order valence-electron chi connectivity index (χ0n) is 17.6. The fraction of sp³-hybridized carbons (Fsp3) is 0.391. The number of amidine groups is 1. The highest BCUT2D eigenvalue weighted by Crippen LogP contribution is 2.41. The molecule has 2 aliphatic rings. The summed E-state index contributed by atoms with van der Waals surface area (Å²) in [5, 5.41) is 0.482. The van der Waals surface area contributed by atoms with E-state index in [1.807, 2.05) is 73.3 Å². The van der Waals surface area contributed by atoms with Gasteiger partial charge in [0.15, 0.2) is 15.0 Å². The molecule has 0 bridgehead atoms. The molecule has 0 unspecified atom stereocenters. The van der Waals surface area contributed by atoms with Crippen LogP contribution in [0.2, 0.25) is 0 Å². The molecule has 2 fully saturated rings. The number of rotatable bonds is 6. The first-order valence-electron chi connectivity index (χ1n) is 10.4. The number of nitrogens with zero attached hydrogens (tertiary/aromatic N) is 2. The van der Waals surface area contributed by atoms with Gasteiger partial charge in [0.05, 0.1) is 17.5 Å². The van der Waals surface area contributed by atoms with Crippen molar-refractivity contribution in [3.05, 3.63) is 60.2 Å². The van der Waals surface area contributed by atoms with Crippen LogP contribution in [0.25, 0.3) is 0 Å². The molecule has 4 rings (SSSR count). The number of hydrogen-bond donors (Lipinski definition) is 0. The number of fused-ring (bicyclic) bond motifs is 1. The average molecular weight is 459 g/mol. The summed E-state index contributed by atoms with van der Waals surface area (Å²) < 4.78 is 30.3. The molecule has 0 spiro atoms. The summed E-state index contributed by atoms with van der Waals surface area (Å²) in [5.74, 6) is 0.596. The second kappa shape index (κ2) is 9.04. The molecule has 0 N–H and O–H groups in total. The van der Waals surface area contributed by atoms with Crippen LogP contribution >= 0.6 is 11.8 Å². The third kappa shape index (κ3) is 4.96. The van der Waals surface area contributed by atoms with Crippen LogP contribution in [-0.2, 0) is 21.2 Å². The summed E-state index contributed by atoms with van der Waals surface area (Å²) in [5.41, 5.74) is 1.90. The third-order valence-electron chi connectivity index (χ3n) is 5.67. The maximum Gasteiger partial charge on any atom is 0.250 e. The molecule has 2 aliphatic heterocycles. The Kier molecular flexibility index (Phi) is 6.39. The highest BCUT2D eigenvalue weighted by atomic mass is 32.2. The molecular weight excluding hydrogens is 432 g/mol. The normalized spacial score (nSPS) is 24.2. The predicted octanol–water partition coefficient (Wildman–Crippen LogP) is 3.91.